The van der Waals surface area contributed by atoms with E-state index < -0.39 is 5.97 Å². The molecule has 146 valence electrons. The average Bonchev–Trinajstić information content (AvgIpc) is 3.14. The fourth-order valence-corrected chi connectivity index (χ4v) is 3.34. The van der Waals surface area contributed by atoms with Gasteiger partial charge in [0, 0.05) is 17.7 Å². The fourth-order valence-electron chi connectivity index (χ4n) is 3.34. The van der Waals surface area contributed by atoms with Crippen LogP contribution in [-0.2, 0) is 27.2 Å². The second-order valence-corrected chi connectivity index (χ2v) is 7.27. The summed E-state index contributed by atoms with van der Waals surface area (Å²) in [5, 5.41) is 2.75. The van der Waals surface area contributed by atoms with Crippen LogP contribution in [0.5, 0.6) is 0 Å². The van der Waals surface area contributed by atoms with Crippen LogP contribution in [0, 0.1) is 13.8 Å². The summed E-state index contributed by atoms with van der Waals surface area (Å²) >= 11 is 0. The summed E-state index contributed by atoms with van der Waals surface area (Å²) in [7, 11) is 0. The molecule has 1 N–H and O–H groups in total. The van der Waals surface area contributed by atoms with E-state index in [0.717, 1.165) is 30.4 Å². The highest BCUT2D eigenvalue weighted by atomic mass is 16.5. The fraction of sp³-hybridized carbons (Fsp3) is 0.348. The maximum absolute atomic E-state index is 12.2. The summed E-state index contributed by atoms with van der Waals surface area (Å²) < 4.78 is 4.99. The zero-order valence-electron chi connectivity index (χ0n) is 16.3. The van der Waals surface area contributed by atoms with Crippen molar-refractivity contribution >= 4 is 23.3 Å². The van der Waals surface area contributed by atoms with Gasteiger partial charge >= 0.3 is 5.97 Å². The van der Waals surface area contributed by atoms with Crippen molar-refractivity contribution in [2.45, 2.75) is 46.0 Å². The van der Waals surface area contributed by atoms with Crippen molar-refractivity contribution in [3.63, 3.8) is 0 Å². The van der Waals surface area contributed by atoms with Gasteiger partial charge in [-0.05, 0) is 73.6 Å². The number of Topliss-reactive ketones (excluding diaryl/α,β-unsaturated/α-hetero) is 1. The van der Waals surface area contributed by atoms with E-state index in [1.807, 2.05) is 44.2 Å². The lowest BCUT2D eigenvalue weighted by atomic mass is 10.0. The molecule has 1 amide bonds. The number of amides is 1. The van der Waals surface area contributed by atoms with Crippen molar-refractivity contribution < 1.29 is 19.1 Å². The normalized spacial score (nSPS) is 12.4. The number of nitrogens with one attached hydrogen (secondary N) is 1. The molecule has 28 heavy (non-hydrogen) atoms. The summed E-state index contributed by atoms with van der Waals surface area (Å²) in [4.78, 5) is 36.0. The Morgan fingerprint density at radius 1 is 0.929 bits per heavy atom. The number of carbonyl (C=O) groups excluding carboxylic acids is 3. The molecule has 1 aliphatic rings. The molecule has 3 rings (SSSR count). The summed E-state index contributed by atoms with van der Waals surface area (Å²) in [5.74, 6) is -1.05. The minimum absolute atomic E-state index is 0.0438. The predicted molar refractivity (Wildman–Crippen MR) is 108 cm³/mol. The number of rotatable bonds is 7. The average molecular weight is 379 g/mol. The van der Waals surface area contributed by atoms with E-state index in [4.69, 9.17) is 4.74 Å². The van der Waals surface area contributed by atoms with Crippen LogP contribution in [0.3, 0.4) is 0 Å². The number of carbonyl (C=O) groups is 3. The third-order valence-electron chi connectivity index (χ3n) is 5.13. The Morgan fingerprint density at radius 3 is 2.50 bits per heavy atom. The molecule has 5 nitrogen and oxygen atoms in total. The van der Waals surface area contributed by atoms with Crippen LogP contribution in [0.2, 0.25) is 0 Å². The van der Waals surface area contributed by atoms with Gasteiger partial charge in [0.1, 0.15) is 0 Å². The van der Waals surface area contributed by atoms with E-state index in [2.05, 4.69) is 5.32 Å². The van der Waals surface area contributed by atoms with E-state index in [1.165, 1.54) is 11.1 Å². The first-order chi connectivity index (χ1) is 13.4. The summed E-state index contributed by atoms with van der Waals surface area (Å²) in [6.45, 7) is 3.57. The minimum Gasteiger partial charge on any atom is -0.456 e. The predicted octanol–water partition coefficient (Wildman–Crippen LogP) is 3.94. The number of hydrogen-bond donors (Lipinski definition) is 1. The zero-order chi connectivity index (χ0) is 20.1. The molecule has 0 fully saturated rings. The second-order valence-electron chi connectivity index (χ2n) is 7.27. The van der Waals surface area contributed by atoms with Crippen molar-refractivity contribution in [2.24, 2.45) is 0 Å². The van der Waals surface area contributed by atoms with E-state index in [-0.39, 0.29) is 31.1 Å². The number of ketones is 1. The number of anilines is 1. The van der Waals surface area contributed by atoms with Gasteiger partial charge in [-0.2, -0.15) is 0 Å². The van der Waals surface area contributed by atoms with Crippen LogP contribution in [-0.4, -0.2) is 24.3 Å². The van der Waals surface area contributed by atoms with Crippen molar-refractivity contribution in [2.75, 3.05) is 11.9 Å². The molecule has 0 spiro atoms. The maximum Gasteiger partial charge on any atom is 0.306 e. The van der Waals surface area contributed by atoms with Gasteiger partial charge < -0.3 is 10.1 Å². The summed E-state index contributed by atoms with van der Waals surface area (Å²) in [5.41, 5.74) is 6.05. The van der Waals surface area contributed by atoms with E-state index in [1.54, 1.807) is 6.07 Å². The molecule has 0 bridgehead atoms. The Morgan fingerprint density at radius 2 is 1.71 bits per heavy atom. The highest BCUT2D eigenvalue weighted by molar-refractivity contribution is 5.98. The first-order valence-electron chi connectivity index (χ1n) is 9.60. The Labute approximate surface area is 165 Å². The first kappa shape index (κ1) is 19.8. The standard InChI is InChI=1S/C23H25NO4/c1-15-6-7-19(12-16(15)2)21(25)10-11-23(27)28-14-22(26)24-20-9-8-17-4-3-5-18(17)13-20/h6-9,12-13H,3-5,10-11,14H2,1-2H3,(H,24,26). The molecule has 0 saturated carbocycles. The van der Waals surface area contributed by atoms with Gasteiger partial charge in [-0.25, -0.2) is 0 Å². The van der Waals surface area contributed by atoms with Gasteiger partial charge in [0.05, 0.1) is 6.42 Å². The van der Waals surface area contributed by atoms with Gasteiger partial charge in [-0.15, -0.1) is 0 Å². The van der Waals surface area contributed by atoms with E-state index >= 15 is 0 Å². The third-order valence-corrected chi connectivity index (χ3v) is 5.13. The molecule has 0 unspecified atom stereocenters. The lowest BCUT2D eigenvalue weighted by molar-refractivity contribution is -0.147. The van der Waals surface area contributed by atoms with Crippen LogP contribution in [0.4, 0.5) is 5.69 Å². The van der Waals surface area contributed by atoms with Gasteiger partial charge in [-0.3, -0.25) is 14.4 Å². The molecule has 1 aliphatic carbocycles. The number of ether oxygens (including phenoxy) is 1. The molecule has 2 aromatic rings. The van der Waals surface area contributed by atoms with Crippen molar-refractivity contribution in [3.8, 4) is 0 Å². The molecule has 5 heteroatoms. The van der Waals surface area contributed by atoms with Crippen LogP contribution in [0.15, 0.2) is 36.4 Å². The van der Waals surface area contributed by atoms with Crippen molar-refractivity contribution in [3.05, 3.63) is 64.2 Å². The first-order valence-corrected chi connectivity index (χ1v) is 9.60. The lowest BCUT2D eigenvalue weighted by Gasteiger charge is -2.08. The van der Waals surface area contributed by atoms with E-state index in [0.29, 0.717) is 11.3 Å². The highest BCUT2D eigenvalue weighted by Gasteiger charge is 2.14. The largest absolute Gasteiger partial charge is 0.456 e. The minimum atomic E-state index is -0.554. The summed E-state index contributed by atoms with van der Waals surface area (Å²) in [6.07, 6.45) is 3.28. The number of benzene rings is 2. The molecule has 0 heterocycles. The number of aryl methyl sites for hydroxylation is 4. The monoisotopic (exact) mass is 379 g/mol. The summed E-state index contributed by atoms with van der Waals surface area (Å²) in [6, 6.07) is 11.4. The molecule has 0 atom stereocenters. The van der Waals surface area contributed by atoms with Gasteiger partial charge in [0.15, 0.2) is 12.4 Å². The number of hydrogen-bond acceptors (Lipinski definition) is 4. The van der Waals surface area contributed by atoms with Gasteiger partial charge in [0.25, 0.3) is 5.91 Å². The second kappa shape index (κ2) is 8.83. The Bertz CT molecular complexity index is 917. The molecular weight excluding hydrogens is 354 g/mol. The maximum atomic E-state index is 12.2. The Hall–Kier alpha value is -2.95. The SMILES string of the molecule is Cc1ccc(C(=O)CCC(=O)OCC(=O)Nc2ccc3c(c2)CCC3)cc1C. The molecule has 0 aliphatic heterocycles. The topological polar surface area (TPSA) is 72.5 Å². The van der Waals surface area contributed by atoms with Crippen LogP contribution in [0.25, 0.3) is 0 Å². The smallest absolute Gasteiger partial charge is 0.306 e. The zero-order valence-corrected chi connectivity index (χ0v) is 16.3. The van der Waals surface area contributed by atoms with Gasteiger partial charge in [-0.1, -0.05) is 18.2 Å². The quantitative estimate of drug-likeness (QED) is 0.584. The van der Waals surface area contributed by atoms with Crippen molar-refractivity contribution in [1.29, 1.82) is 0 Å². The third kappa shape index (κ3) is 5.06. The Kier molecular flexibility index (Phi) is 6.24. The van der Waals surface area contributed by atoms with E-state index in [9.17, 15) is 14.4 Å². The van der Waals surface area contributed by atoms with Crippen molar-refractivity contribution in [1.82, 2.24) is 0 Å². The Balaban J connectivity index is 1.41. The van der Waals surface area contributed by atoms with Gasteiger partial charge in [0.2, 0.25) is 0 Å². The molecule has 0 saturated heterocycles. The highest BCUT2D eigenvalue weighted by Crippen LogP contribution is 2.24. The van der Waals surface area contributed by atoms with Crippen LogP contribution in [0.1, 0.15) is 51.9 Å². The number of fused-ring (bicyclic) bond motifs is 1. The molecule has 2 aromatic carbocycles. The molecule has 0 radical (unpaired) electrons. The number of esters is 1. The molecular formula is C23H25NO4. The van der Waals surface area contributed by atoms with Crippen LogP contribution >= 0.6 is 0 Å². The van der Waals surface area contributed by atoms with Crippen LogP contribution < -0.4 is 5.32 Å². The lowest BCUT2D eigenvalue weighted by Crippen LogP contribution is -2.21. The molecule has 0 aromatic heterocycles.